The third-order valence-corrected chi connectivity index (χ3v) is 2.88. The maximum absolute atomic E-state index is 13.4. The van der Waals surface area contributed by atoms with Crippen LogP contribution in [0.25, 0.3) is 0 Å². The summed E-state index contributed by atoms with van der Waals surface area (Å²) in [7, 11) is 0. The Bertz CT molecular complexity index is 382. The van der Waals surface area contributed by atoms with Crippen molar-refractivity contribution >= 4 is 0 Å². The second-order valence-electron chi connectivity index (χ2n) is 4.87. The van der Waals surface area contributed by atoms with E-state index in [4.69, 9.17) is 4.74 Å². The van der Waals surface area contributed by atoms with Crippen LogP contribution < -0.4 is 10.1 Å². The van der Waals surface area contributed by atoms with Gasteiger partial charge in [-0.1, -0.05) is 19.9 Å². The van der Waals surface area contributed by atoms with Gasteiger partial charge in [0.2, 0.25) is 0 Å². The van der Waals surface area contributed by atoms with E-state index in [9.17, 15) is 8.78 Å². The molecule has 4 heteroatoms. The van der Waals surface area contributed by atoms with E-state index in [2.05, 4.69) is 5.32 Å². The molecule has 1 saturated carbocycles. The number of halogens is 2. The molecule has 1 N–H and O–H groups in total. The maximum Gasteiger partial charge on any atom is 0.191 e. The fourth-order valence-electron chi connectivity index (χ4n) is 1.64. The van der Waals surface area contributed by atoms with Gasteiger partial charge in [0, 0.05) is 12.6 Å². The SMILES string of the molecule is CC(C)NCC1(Oc2c(F)cccc2F)CC1. The molecule has 2 nitrogen and oxygen atoms in total. The Morgan fingerprint density at radius 2 is 1.88 bits per heavy atom. The number of ether oxygens (including phenoxy) is 1. The Labute approximate surface area is 100.0 Å². The first-order valence-electron chi connectivity index (χ1n) is 5.89. The van der Waals surface area contributed by atoms with Crippen LogP contribution in [-0.4, -0.2) is 18.2 Å². The molecule has 1 aliphatic rings. The van der Waals surface area contributed by atoms with Crippen molar-refractivity contribution in [3.05, 3.63) is 29.8 Å². The lowest BCUT2D eigenvalue weighted by atomic mass is 10.2. The van der Waals surface area contributed by atoms with E-state index in [1.54, 1.807) is 0 Å². The zero-order chi connectivity index (χ0) is 12.5. The summed E-state index contributed by atoms with van der Waals surface area (Å²) < 4.78 is 32.4. The molecule has 0 amide bonds. The molecule has 0 aliphatic heterocycles. The Morgan fingerprint density at radius 3 is 2.35 bits per heavy atom. The van der Waals surface area contributed by atoms with Crippen LogP contribution in [0.3, 0.4) is 0 Å². The first kappa shape index (κ1) is 12.3. The summed E-state index contributed by atoms with van der Waals surface area (Å²) in [4.78, 5) is 0. The molecule has 0 bridgehead atoms. The minimum Gasteiger partial charge on any atom is -0.480 e. The molecule has 94 valence electrons. The predicted molar refractivity (Wildman–Crippen MR) is 62.1 cm³/mol. The quantitative estimate of drug-likeness (QED) is 0.855. The molecule has 0 saturated heterocycles. The van der Waals surface area contributed by atoms with E-state index in [1.807, 2.05) is 13.8 Å². The van der Waals surface area contributed by atoms with Crippen LogP contribution in [0.15, 0.2) is 18.2 Å². The Morgan fingerprint density at radius 1 is 1.29 bits per heavy atom. The molecule has 1 aromatic rings. The zero-order valence-corrected chi connectivity index (χ0v) is 10.1. The first-order chi connectivity index (χ1) is 8.02. The number of rotatable bonds is 5. The monoisotopic (exact) mass is 241 g/mol. The molecular formula is C13H17F2NO. The van der Waals surface area contributed by atoms with Crippen LogP contribution in [0, 0.1) is 11.6 Å². The van der Waals surface area contributed by atoms with Crippen molar-refractivity contribution in [1.29, 1.82) is 0 Å². The molecule has 0 spiro atoms. The lowest BCUT2D eigenvalue weighted by Gasteiger charge is -2.20. The predicted octanol–water partition coefficient (Wildman–Crippen LogP) is 2.87. The molecule has 2 rings (SSSR count). The summed E-state index contributed by atoms with van der Waals surface area (Å²) in [5.41, 5.74) is -0.423. The van der Waals surface area contributed by atoms with Gasteiger partial charge in [0.05, 0.1) is 0 Å². The fourth-order valence-corrected chi connectivity index (χ4v) is 1.64. The lowest BCUT2D eigenvalue weighted by molar-refractivity contribution is 0.157. The van der Waals surface area contributed by atoms with Gasteiger partial charge in [-0.15, -0.1) is 0 Å². The van der Waals surface area contributed by atoms with Gasteiger partial charge in [0.25, 0.3) is 0 Å². The molecule has 0 radical (unpaired) electrons. The zero-order valence-electron chi connectivity index (χ0n) is 10.1. The van der Waals surface area contributed by atoms with E-state index in [0.29, 0.717) is 12.6 Å². The lowest BCUT2D eigenvalue weighted by Crippen LogP contribution is -2.37. The van der Waals surface area contributed by atoms with Gasteiger partial charge in [-0.2, -0.15) is 0 Å². The highest BCUT2D eigenvalue weighted by atomic mass is 19.1. The summed E-state index contributed by atoms with van der Waals surface area (Å²) in [5, 5.41) is 3.24. The van der Waals surface area contributed by atoms with Gasteiger partial charge in [0.1, 0.15) is 5.60 Å². The van der Waals surface area contributed by atoms with Gasteiger partial charge < -0.3 is 10.1 Å². The van der Waals surface area contributed by atoms with Gasteiger partial charge >= 0.3 is 0 Å². The number of nitrogens with one attached hydrogen (secondary N) is 1. The Balaban J connectivity index is 2.05. The van der Waals surface area contributed by atoms with Gasteiger partial charge in [-0.05, 0) is 25.0 Å². The number of para-hydroxylation sites is 1. The molecule has 0 atom stereocenters. The number of benzene rings is 1. The van der Waals surface area contributed by atoms with Crippen molar-refractivity contribution in [2.45, 2.75) is 38.3 Å². The highest BCUT2D eigenvalue weighted by Gasteiger charge is 2.46. The molecule has 0 aromatic heterocycles. The van der Waals surface area contributed by atoms with Crippen LogP contribution in [0.4, 0.5) is 8.78 Å². The average Bonchev–Trinajstić information content (AvgIpc) is 3.02. The van der Waals surface area contributed by atoms with Gasteiger partial charge in [-0.25, -0.2) is 8.78 Å². The molecule has 0 unspecified atom stereocenters. The van der Waals surface area contributed by atoms with E-state index >= 15 is 0 Å². The molecule has 0 heterocycles. The summed E-state index contributed by atoms with van der Waals surface area (Å²) in [6.07, 6.45) is 1.67. The molecule has 1 fully saturated rings. The smallest absolute Gasteiger partial charge is 0.191 e. The Kier molecular flexibility index (Phi) is 3.33. The normalized spacial score (nSPS) is 17.2. The maximum atomic E-state index is 13.4. The largest absolute Gasteiger partial charge is 0.480 e. The highest BCUT2D eigenvalue weighted by molar-refractivity contribution is 5.28. The first-order valence-corrected chi connectivity index (χ1v) is 5.89. The molecule has 1 aliphatic carbocycles. The summed E-state index contributed by atoms with van der Waals surface area (Å²) in [5.74, 6) is -1.53. The Hall–Kier alpha value is -1.16. The van der Waals surface area contributed by atoms with Crippen LogP contribution in [0.5, 0.6) is 5.75 Å². The van der Waals surface area contributed by atoms with Crippen molar-refractivity contribution in [1.82, 2.24) is 5.32 Å². The second-order valence-corrected chi connectivity index (χ2v) is 4.87. The molecule has 17 heavy (non-hydrogen) atoms. The van der Waals surface area contributed by atoms with Crippen molar-refractivity contribution in [3.8, 4) is 5.75 Å². The van der Waals surface area contributed by atoms with Gasteiger partial charge in [0.15, 0.2) is 17.4 Å². The topological polar surface area (TPSA) is 21.3 Å². The number of hydrogen-bond donors (Lipinski definition) is 1. The summed E-state index contributed by atoms with van der Waals surface area (Å²) in [6, 6.07) is 4.10. The number of hydrogen-bond acceptors (Lipinski definition) is 2. The van der Waals surface area contributed by atoms with Crippen LogP contribution in [-0.2, 0) is 0 Å². The highest BCUT2D eigenvalue weighted by Crippen LogP contribution is 2.41. The van der Waals surface area contributed by atoms with Crippen molar-refractivity contribution in [2.24, 2.45) is 0 Å². The van der Waals surface area contributed by atoms with Crippen molar-refractivity contribution in [3.63, 3.8) is 0 Å². The van der Waals surface area contributed by atoms with Crippen LogP contribution in [0.1, 0.15) is 26.7 Å². The molecular weight excluding hydrogens is 224 g/mol. The summed E-state index contributed by atoms with van der Waals surface area (Å²) >= 11 is 0. The van der Waals surface area contributed by atoms with E-state index in [-0.39, 0.29) is 5.75 Å². The molecule has 1 aromatic carbocycles. The van der Waals surface area contributed by atoms with E-state index < -0.39 is 17.2 Å². The fraction of sp³-hybridized carbons (Fsp3) is 0.538. The third-order valence-electron chi connectivity index (χ3n) is 2.88. The van der Waals surface area contributed by atoms with Crippen molar-refractivity contribution in [2.75, 3.05) is 6.54 Å². The van der Waals surface area contributed by atoms with E-state index in [1.165, 1.54) is 18.2 Å². The van der Waals surface area contributed by atoms with E-state index in [0.717, 1.165) is 12.8 Å². The second kappa shape index (κ2) is 4.61. The minimum absolute atomic E-state index is 0.254. The van der Waals surface area contributed by atoms with Gasteiger partial charge in [-0.3, -0.25) is 0 Å². The minimum atomic E-state index is -0.638. The van der Waals surface area contributed by atoms with Crippen molar-refractivity contribution < 1.29 is 13.5 Å². The average molecular weight is 241 g/mol. The van der Waals surface area contributed by atoms with Crippen LogP contribution >= 0.6 is 0 Å². The standard InChI is InChI=1S/C13H17F2NO/c1-9(2)16-8-13(6-7-13)17-12-10(14)4-3-5-11(12)15/h3-5,9,16H,6-8H2,1-2H3. The summed E-state index contributed by atoms with van der Waals surface area (Å²) in [6.45, 7) is 4.68. The van der Waals surface area contributed by atoms with Crippen LogP contribution in [0.2, 0.25) is 0 Å². The third kappa shape index (κ3) is 2.94.